The average molecular weight is 433 g/mol. The summed E-state index contributed by atoms with van der Waals surface area (Å²) in [7, 11) is 1.53. The van der Waals surface area contributed by atoms with Gasteiger partial charge in [-0.2, -0.15) is 9.78 Å². The highest BCUT2D eigenvalue weighted by molar-refractivity contribution is 6.06. The number of hydrogen-bond acceptors (Lipinski definition) is 4. The fraction of sp³-hybridized carbons (Fsp3) is 0.130. The third-order valence-corrected chi connectivity index (χ3v) is 5.13. The van der Waals surface area contributed by atoms with E-state index in [1.165, 1.54) is 59.4 Å². The van der Waals surface area contributed by atoms with Crippen LogP contribution in [0.4, 0.5) is 14.9 Å². The smallest absolute Gasteiger partial charge is 0.321 e. The van der Waals surface area contributed by atoms with Gasteiger partial charge in [0.25, 0.3) is 11.5 Å². The Hall–Kier alpha value is -4.27. The Kier molecular flexibility index (Phi) is 5.55. The third-order valence-electron chi connectivity index (χ3n) is 5.13. The van der Waals surface area contributed by atoms with Gasteiger partial charge in [0.2, 0.25) is 0 Å². The molecule has 0 saturated carbocycles. The van der Waals surface area contributed by atoms with E-state index < -0.39 is 17.8 Å². The molecule has 2 heterocycles. The summed E-state index contributed by atoms with van der Waals surface area (Å²) in [5.74, 6) is -0.861. The zero-order valence-corrected chi connectivity index (χ0v) is 17.4. The predicted octanol–water partition coefficient (Wildman–Crippen LogP) is 2.90. The molecule has 0 spiro atoms. The number of amides is 3. The van der Waals surface area contributed by atoms with Crippen molar-refractivity contribution in [1.29, 1.82) is 0 Å². The van der Waals surface area contributed by atoms with Crippen molar-refractivity contribution >= 4 is 17.6 Å². The molecule has 0 fully saturated rings. The van der Waals surface area contributed by atoms with Gasteiger partial charge in [-0.05, 0) is 48.4 Å². The lowest BCUT2D eigenvalue weighted by atomic mass is 9.97. The number of halogens is 1. The van der Waals surface area contributed by atoms with Crippen LogP contribution < -0.4 is 16.2 Å². The fourth-order valence-corrected chi connectivity index (χ4v) is 3.38. The number of carbonyl (C=O) groups is 2. The Labute approximate surface area is 183 Å². The Morgan fingerprint density at radius 1 is 1.12 bits per heavy atom. The highest BCUT2D eigenvalue weighted by Gasteiger charge is 2.30. The second kappa shape index (κ2) is 8.46. The van der Waals surface area contributed by atoms with Gasteiger partial charge in [-0.15, -0.1) is 0 Å². The van der Waals surface area contributed by atoms with Crippen LogP contribution in [0.1, 0.15) is 17.2 Å². The van der Waals surface area contributed by atoms with Crippen molar-refractivity contribution in [3.05, 3.63) is 99.9 Å². The first kappa shape index (κ1) is 21.0. The monoisotopic (exact) mass is 433 g/mol. The van der Waals surface area contributed by atoms with Crippen LogP contribution in [0.3, 0.4) is 0 Å². The number of nitrogens with one attached hydrogen (secondary N) is 2. The molecule has 9 heteroatoms. The minimum absolute atomic E-state index is 0.276. The molecule has 0 aliphatic carbocycles. The van der Waals surface area contributed by atoms with Gasteiger partial charge in [0.15, 0.2) is 0 Å². The van der Waals surface area contributed by atoms with Crippen molar-refractivity contribution < 1.29 is 14.0 Å². The number of hydrogen-bond donors (Lipinski definition) is 2. The molecule has 1 aliphatic rings. The van der Waals surface area contributed by atoms with Crippen molar-refractivity contribution in [3.63, 3.8) is 0 Å². The molecule has 162 valence electrons. The Morgan fingerprint density at radius 2 is 1.88 bits per heavy atom. The lowest BCUT2D eigenvalue weighted by Crippen LogP contribution is -2.44. The van der Waals surface area contributed by atoms with E-state index in [0.717, 1.165) is 5.56 Å². The van der Waals surface area contributed by atoms with Crippen molar-refractivity contribution in [2.75, 3.05) is 12.4 Å². The Morgan fingerprint density at radius 3 is 2.59 bits per heavy atom. The van der Waals surface area contributed by atoms with Crippen molar-refractivity contribution in [1.82, 2.24) is 20.0 Å². The highest BCUT2D eigenvalue weighted by atomic mass is 19.1. The third kappa shape index (κ3) is 4.13. The summed E-state index contributed by atoms with van der Waals surface area (Å²) in [5, 5.41) is 9.67. The minimum Gasteiger partial charge on any atom is -0.327 e. The van der Waals surface area contributed by atoms with Crippen LogP contribution in [0.2, 0.25) is 0 Å². The number of urea groups is 1. The van der Waals surface area contributed by atoms with Crippen LogP contribution in [0.15, 0.2) is 77.4 Å². The quantitative estimate of drug-likeness (QED) is 0.661. The molecule has 32 heavy (non-hydrogen) atoms. The maximum atomic E-state index is 13.4. The summed E-state index contributed by atoms with van der Waals surface area (Å²) in [6.45, 7) is 1.82. The molecule has 3 amide bonds. The normalized spacial score (nSPS) is 15.7. The van der Waals surface area contributed by atoms with E-state index in [1.807, 2.05) is 6.92 Å². The van der Waals surface area contributed by atoms with E-state index in [9.17, 15) is 18.8 Å². The molecule has 0 radical (unpaired) electrons. The molecule has 2 N–H and O–H groups in total. The first-order valence-electron chi connectivity index (χ1n) is 9.81. The van der Waals surface area contributed by atoms with Crippen LogP contribution in [-0.4, -0.2) is 33.7 Å². The van der Waals surface area contributed by atoms with Crippen LogP contribution >= 0.6 is 0 Å². The van der Waals surface area contributed by atoms with Gasteiger partial charge in [-0.3, -0.25) is 9.59 Å². The molecule has 2 aromatic carbocycles. The Bertz CT molecular complexity index is 1280. The minimum atomic E-state index is -0.749. The van der Waals surface area contributed by atoms with E-state index >= 15 is 0 Å². The van der Waals surface area contributed by atoms with Gasteiger partial charge in [-0.25, -0.2) is 9.18 Å². The van der Waals surface area contributed by atoms with Crippen LogP contribution in [-0.2, 0) is 4.79 Å². The van der Waals surface area contributed by atoms with Crippen molar-refractivity contribution in [2.45, 2.75) is 13.0 Å². The number of rotatable bonds is 4. The molecule has 1 unspecified atom stereocenters. The van der Waals surface area contributed by atoms with Crippen LogP contribution in [0.25, 0.3) is 5.69 Å². The summed E-state index contributed by atoms with van der Waals surface area (Å²) < 4.78 is 14.6. The maximum Gasteiger partial charge on any atom is 0.321 e. The van der Waals surface area contributed by atoms with Gasteiger partial charge >= 0.3 is 6.03 Å². The van der Waals surface area contributed by atoms with Crippen molar-refractivity contribution in [3.8, 4) is 5.69 Å². The van der Waals surface area contributed by atoms with E-state index in [2.05, 4.69) is 15.7 Å². The SMILES string of the molecule is Cc1ccc(-n2ncccc2=O)cc1NC(=O)C1=CN(C)C(=O)NC1c1ccc(F)cc1. The molecule has 8 nitrogen and oxygen atoms in total. The summed E-state index contributed by atoms with van der Waals surface area (Å²) in [5.41, 5.74) is 2.30. The van der Waals surface area contributed by atoms with E-state index in [-0.39, 0.29) is 17.2 Å². The van der Waals surface area contributed by atoms with Gasteiger partial charge in [-0.1, -0.05) is 18.2 Å². The molecular formula is C23H20FN5O3. The topological polar surface area (TPSA) is 96.3 Å². The average Bonchev–Trinajstić information content (AvgIpc) is 2.78. The number of anilines is 1. The number of nitrogens with zero attached hydrogens (tertiary/aromatic N) is 3. The summed E-state index contributed by atoms with van der Waals surface area (Å²) in [4.78, 5) is 38.8. The molecule has 1 atom stereocenters. The highest BCUT2D eigenvalue weighted by Crippen LogP contribution is 2.28. The Balaban J connectivity index is 1.67. The van der Waals surface area contributed by atoms with Gasteiger partial charge < -0.3 is 15.5 Å². The lowest BCUT2D eigenvalue weighted by molar-refractivity contribution is -0.113. The number of carbonyl (C=O) groups excluding carboxylic acids is 2. The van der Waals surface area contributed by atoms with E-state index in [4.69, 9.17) is 0 Å². The van der Waals surface area contributed by atoms with E-state index in [1.54, 1.807) is 24.3 Å². The van der Waals surface area contributed by atoms with Gasteiger partial charge in [0, 0.05) is 31.2 Å². The van der Waals surface area contributed by atoms with Crippen LogP contribution in [0.5, 0.6) is 0 Å². The van der Waals surface area contributed by atoms with Crippen LogP contribution in [0, 0.1) is 12.7 Å². The molecule has 0 bridgehead atoms. The zero-order chi connectivity index (χ0) is 22.8. The number of benzene rings is 2. The van der Waals surface area contributed by atoms with E-state index in [0.29, 0.717) is 16.9 Å². The van der Waals surface area contributed by atoms with Gasteiger partial charge in [0.05, 0.1) is 17.3 Å². The first-order chi connectivity index (χ1) is 15.3. The predicted molar refractivity (Wildman–Crippen MR) is 117 cm³/mol. The largest absolute Gasteiger partial charge is 0.327 e. The standard InChI is InChI=1S/C23H20FN5O3/c1-14-5-10-17(29-20(30)4-3-11-25-29)12-19(14)26-22(31)18-13-28(2)23(32)27-21(18)15-6-8-16(24)9-7-15/h3-13,21H,1-2H3,(H,26,31)(H,27,32). The summed E-state index contributed by atoms with van der Waals surface area (Å²) in [6, 6.07) is 12.5. The number of aryl methyl sites for hydroxylation is 1. The molecule has 0 saturated heterocycles. The maximum absolute atomic E-state index is 13.4. The zero-order valence-electron chi connectivity index (χ0n) is 17.4. The summed E-state index contributed by atoms with van der Waals surface area (Å²) >= 11 is 0. The molecule has 3 aromatic rings. The second-order valence-electron chi connectivity index (χ2n) is 7.36. The molecule has 1 aliphatic heterocycles. The molecular weight excluding hydrogens is 413 g/mol. The van der Waals surface area contributed by atoms with Gasteiger partial charge in [0.1, 0.15) is 5.82 Å². The lowest BCUT2D eigenvalue weighted by Gasteiger charge is -2.30. The second-order valence-corrected chi connectivity index (χ2v) is 7.36. The fourth-order valence-electron chi connectivity index (χ4n) is 3.38. The molecule has 4 rings (SSSR count). The molecule has 1 aromatic heterocycles. The first-order valence-corrected chi connectivity index (χ1v) is 9.81. The number of aromatic nitrogens is 2. The van der Waals surface area contributed by atoms with Crippen molar-refractivity contribution in [2.24, 2.45) is 0 Å². The summed E-state index contributed by atoms with van der Waals surface area (Å²) in [6.07, 6.45) is 2.95.